The predicted octanol–water partition coefficient (Wildman–Crippen LogP) is 11.0. The SMILES string of the molecule is C.N[C@H](CN1CCCC1)C(O)c1ccc(OC2CC2)c(Cl)c1.O=C(N[C@H](CN1CCCC1)[C@H](O)c1ccc(OC2CC2)c(Cl)c1)[C@@H]1CCN(c2cccc(-c3ccc(F)cc3)n2)C1.O=C(O)[C@@H]1CCN(c2cccc(-c3ccc(F)cc3)n2)C1. The minimum absolute atomic E-state index is 0. The molecule has 0 radical (unpaired) electrons. The Hall–Kier alpha value is -6.44. The zero-order valence-corrected chi connectivity index (χ0v) is 48.1. The molecule has 84 heavy (non-hydrogen) atoms. The molecule has 1 unspecified atom stereocenters. The summed E-state index contributed by atoms with van der Waals surface area (Å²) in [6, 6.07) is 34.0. The molecule has 2 saturated carbocycles. The molecule has 2 aromatic heterocycles. The lowest BCUT2D eigenvalue weighted by Crippen LogP contribution is -2.48. The number of amides is 1. The average molecular weight is 1190 g/mol. The van der Waals surface area contributed by atoms with E-state index in [2.05, 4.69) is 25.0 Å². The van der Waals surface area contributed by atoms with E-state index in [1.54, 1.807) is 36.4 Å². The van der Waals surface area contributed by atoms with Crippen molar-refractivity contribution < 1.29 is 43.2 Å². The third kappa shape index (κ3) is 16.9. The van der Waals surface area contributed by atoms with Crippen LogP contribution in [0.25, 0.3) is 22.5 Å². The van der Waals surface area contributed by atoms with Gasteiger partial charge in [0, 0.05) is 56.4 Å². The summed E-state index contributed by atoms with van der Waals surface area (Å²) in [5.41, 5.74) is 10.8. The van der Waals surface area contributed by atoms with Crippen LogP contribution in [-0.4, -0.2) is 137 Å². The van der Waals surface area contributed by atoms with Gasteiger partial charge in [0.15, 0.2) is 0 Å². The first kappa shape index (κ1) is 62.1. The van der Waals surface area contributed by atoms with E-state index in [4.69, 9.17) is 48.5 Å². The molecule has 4 aromatic carbocycles. The third-order valence-corrected chi connectivity index (χ3v) is 16.8. The predicted molar refractivity (Wildman–Crippen MR) is 326 cm³/mol. The number of aromatic nitrogens is 2. The molecule has 19 heteroatoms. The van der Waals surface area contributed by atoms with Crippen LogP contribution in [0.4, 0.5) is 20.4 Å². The molecule has 12 rings (SSSR count). The lowest BCUT2D eigenvalue weighted by molar-refractivity contribution is -0.141. The fraction of sp³-hybridized carbons (Fsp3) is 0.446. The number of ether oxygens (including phenoxy) is 2. The molecule has 0 bridgehead atoms. The van der Waals surface area contributed by atoms with Crippen molar-refractivity contribution >= 4 is 46.7 Å². The molecule has 6 aliphatic rings. The standard InChI is InChI=1S/C32H36ClFN4O3.C16H23ClN2O2.C16H15FN2O2.CH4/c33-26-18-22(8-13-29(26)41-25-11-12-25)31(39)28(20-37-15-1-2-16-37)36-32(40)23-14-17-38(19-23)30-5-3-4-27(35-30)21-6-9-24(34)10-7-21;17-13-9-11(3-6-15(13)21-12-4-5-12)16(20)14(18)10-19-7-1-2-8-19;17-13-6-4-11(5-7-13)14-2-1-3-15(18-14)19-9-8-12(10-19)16(20)21;/h3-10,13,18,23,25,28,31,39H,1-2,11-12,14-17,19-20H2,(H,36,40);3,6,9,12,14,16,20H,1-2,4-5,7-8,10,18H2;1-7,12H,8-10H2,(H,20,21);1H4/t23-,28-,31-;14-,16?;12-;/m111./s1. The van der Waals surface area contributed by atoms with Crippen molar-refractivity contribution in [3.8, 4) is 34.0 Å². The Bertz CT molecular complexity index is 3130. The number of aliphatic hydroxyl groups excluding tert-OH is 2. The highest BCUT2D eigenvalue weighted by atomic mass is 35.5. The average Bonchev–Trinajstić information content (AvgIpc) is 4.28. The molecule has 4 aliphatic heterocycles. The van der Waals surface area contributed by atoms with Gasteiger partial charge in [0.2, 0.25) is 5.91 Å². The van der Waals surface area contributed by atoms with Crippen LogP contribution in [0.5, 0.6) is 11.5 Å². The normalized spacial score (nSPS) is 20.1. The van der Waals surface area contributed by atoms with Crippen LogP contribution in [-0.2, 0) is 9.59 Å². The van der Waals surface area contributed by atoms with E-state index in [1.807, 2.05) is 65.6 Å². The molecule has 0 spiro atoms. The molecule has 6 aromatic rings. The number of carboxylic acids is 1. The molecule has 4 saturated heterocycles. The van der Waals surface area contributed by atoms with Gasteiger partial charge in [-0.25, -0.2) is 18.7 Å². The summed E-state index contributed by atoms with van der Waals surface area (Å²) in [6.07, 6.45) is 9.25. The first-order chi connectivity index (χ1) is 40.2. The maximum atomic E-state index is 13.5. The molecular weight excluding hydrogens is 1110 g/mol. The van der Waals surface area contributed by atoms with Gasteiger partial charge in [0.25, 0.3) is 0 Å². The molecular formula is C65H78Cl2F2N8O7. The second-order valence-corrected chi connectivity index (χ2v) is 23.5. The number of benzene rings is 4. The molecule has 2 aliphatic carbocycles. The number of nitrogens with two attached hydrogens (primary N) is 1. The first-order valence-corrected chi connectivity index (χ1v) is 29.9. The van der Waals surface area contributed by atoms with Gasteiger partial charge in [-0.3, -0.25) is 9.59 Å². The van der Waals surface area contributed by atoms with Crippen LogP contribution >= 0.6 is 23.2 Å². The fourth-order valence-electron chi connectivity index (χ4n) is 11.0. The summed E-state index contributed by atoms with van der Waals surface area (Å²) in [6.45, 7) is 7.79. The number of pyridine rings is 2. The number of carboxylic acid groups (broad SMARTS) is 1. The highest BCUT2D eigenvalue weighted by Gasteiger charge is 2.35. The number of hydrogen-bond donors (Lipinski definition) is 5. The zero-order chi connectivity index (χ0) is 58.0. The van der Waals surface area contributed by atoms with Gasteiger partial charge in [-0.2, -0.15) is 0 Å². The Labute approximate surface area is 501 Å². The Balaban J connectivity index is 0.000000166. The second-order valence-electron chi connectivity index (χ2n) is 22.7. The van der Waals surface area contributed by atoms with Crippen molar-refractivity contribution in [1.82, 2.24) is 25.1 Å². The number of nitrogens with one attached hydrogen (secondary N) is 1. The van der Waals surface area contributed by atoms with Gasteiger partial charge < -0.3 is 55.4 Å². The highest BCUT2D eigenvalue weighted by Crippen LogP contribution is 2.37. The van der Waals surface area contributed by atoms with Crippen LogP contribution in [0.2, 0.25) is 10.0 Å². The number of carbonyl (C=O) groups is 2. The van der Waals surface area contributed by atoms with Crippen molar-refractivity contribution in [2.75, 3.05) is 75.2 Å². The summed E-state index contributed by atoms with van der Waals surface area (Å²) < 4.78 is 37.9. The van der Waals surface area contributed by atoms with E-state index in [0.29, 0.717) is 78.8 Å². The monoisotopic (exact) mass is 1190 g/mol. The van der Waals surface area contributed by atoms with Crippen LogP contribution in [0.15, 0.2) is 121 Å². The first-order valence-electron chi connectivity index (χ1n) is 29.2. The van der Waals surface area contributed by atoms with E-state index >= 15 is 0 Å². The van der Waals surface area contributed by atoms with Crippen LogP contribution < -0.4 is 30.3 Å². The Morgan fingerprint density at radius 2 is 1.04 bits per heavy atom. The van der Waals surface area contributed by atoms with E-state index in [9.17, 15) is 28.6 Å². The summed E-state index contributed by atoms with van der Waals surface area (Å²) in [5, 5.41) is 35.1. The lowest BCUT2D eigenvalue weighted by atomic mass is 10.00. The van der Waals surface area contributed by atoms with E-state index < -0.39 is 24.2 Å². The minimum atomic E-state index is -0.904. The number of aliphatic carboxylic acids is 1. The van der Waals surface area contributed by atoms with Crippen molar-refractivity contribution in [2.45, 2.75) is 108 Å². The Morgan fingerprint density at radius 1 is 0.595 bits per heavy atom. The number of hydrogen-bond acceptors (Lipinski definition) is 13. The number of rotatable bonds is 19. The van der Waals surface area contributed by atoms with E-state index in [1.165, 1.54) is 37.1 Å². The number of anilines is 2. The minimum Gasteiger partial charge on any atom is -0.489 e. The fourth-order valence-corrected chi connectivity index (χ4v) is 11.5. The number of aliphatic hydroxyl groups is 2. The topological polar surface area (TPSA) is 190 Å². The smallest absolute Gasteiger partial charge is 0.308 e. The van der Waals surface area contributed by atoms with Crippen molar-refractivity contribution in [1.29, 1.82) is 0 Å². The summed E-state index contributed by atoms with van der Waals surface area (Å²) >= 11 is 12.7. The van der Waals surface area contributed by atoms with Gasteiger partial charge in [0.1, 0.15) is 40.9 Å². The second kappa shape index (κ2) is 29.1. The number of likely N-dealkylation sites (tertiary alicyclic amines) is 2. The number of nitrogens with zero attached hydrogens (tertiary/aromatic N) is 6. The van der Waals surface area contributed by atoms with Crippen LogP contribution in [0.3, 0.4) is 0 Å². The van der Waals surface area contributed by atoms with Crippen molar-refractivity contribution in [3.05, 3.63) is 154 Å². The van der Waals surface area contributed by atoms with Gasteiger partial charge in [-0.05, 0) is 199 Å². The van der Waals surface area contributed by atoms with E-state index in [-0.39, 0.29) is 48.9 Å². The zero-order valence-electron chi connectivity index (χ0n) is 46.6. The van der Waals surface area contributed by atoms with Gasteiger partial charge in [-0.15, -0.1) is 0 Å². The van der Waals surface area contributed by atoms with Crippen molar-refractivity contribution in [3.63, 3.8) is 0 Å². The van der Waals surface area contributed by atoms with Gasteiger partial charge in [-0.1, -0.05) is 54.9 Å². The van der Waals surface area contributed by atoms with Gasteiger partial charge >= 0.3 is 5.97 Å². The highest BCUT2D eigenvalue weighted by molar-refractivity contribution is 6.32. The quantitative estimate of drug-likeness (QED) is 0.0515. The van der Waals surface area contributed by atoms with E-state index in [0.717, 1.165) is 111 Å². The van der Waals surface area contributed by atoms with Crippen LogP contribution in [0.1, 0.15) is 95.0 Å². The molecule has 15 nitrogen and oxygen atoms in total. The molecule has 1 amide bonds. The number of carbonyl (C=O) groups excluding carboxylic acids is 1. The summed E-state index contributed by atoms with van der Waals surface area (Å²) in [5.74, 6) is 0.945. The van der Waals surface area contributed by atoms with Crippen molar-refractivity contribution in [2.24, 2.45) is 17.6 Å². The molecule has 6 heterocycles. The maximum Gasteiger partial charge on any atom is 0.308 e. The van der Waals surface area contributed by atoms with Gasteiger partial charge in [0.05, 0.1) is 57.6 Å². The molecule has 6 N–H and O–H groups in total. The number of halogens is 4. The molecule has 6 atom stereocenters. The summed E-state index contributed by atoms with van der Waals surface area (Å²) in [7, 11) is 0. The Morgan fingerprint density at radius 3 is 1.48 bits per heavy atom. The third-order valence-electron chi connectivity index (χ3n) is 16.2. The molecule has 6 fully saturated rings. The molecule has 448 valence electrons. The Kier molecular flexibility index (Phi) is 21.5. The lowest BCUT2D eigenvalue weighted by Gasteiger charge is -2.30. The largest absolute Gasteiger partial charge is 0.489 e. The summed E-state index contributed by atoms with van der Waals surface area (Å²) in [4.78, 5) is 42.6. The van der Waals surface area contributed by atoms with Crippen LogP contribution in [0, 0.1) is 23.5 Å². The maximum absolute atomic E-state index is 13.5.